The number of piperidine rings is 1. The summed E-state index contributed by atoms with van der Waals surface area (Å²) in [6, 6.07) is 0.384. The molecule has 1 aliphatic rings. The summed E-state index contributed by atoms with van der Waals surface area (Å²) < 4.78 is 5.16. The lowest BCUT2D eigenvalue weighted by molar-refractivity contribution is -0.0591. The Bertz CT molecular complexity index is 258. The molecule has 0 saturated carbocycles. The Morgan fingerprint density at radius 1 is 1.44 bits per heavy atom. The van der Waals surface area contributed by atoms with Crippen molar-refractivity contribution >= 4 is 29.4 Å². The van der Waals surface area contributed by atoms with Crippen LogP contribution in [-0.2, 0) is 4.74 Å². The van der Waals surface area contributed by atoms with Crippen LogP contribution in [0.3, 0.4) is 0 Å². The fourth-order valence-electron chi connectivity index (χ4n) is 2.30. The van der Waals surface area contributed by atoms with Gasteiger partial charge in [-0.15, -0.1) is 12.4 Å². The first-order chi connectivity index (χ1) is 6.75. The van der Waals surface area contributed by atoms with Crippen LogP contribution in [0.5, 0.6) is 0 Å². The fraction of sp³-hybridized carbons (Fsp3) is 0.909. The Morgan fingerprint density at radius 3 is 2.38 bits per heavy atom. The molecule has 0 aromatic heterocycles. The molecule has 0 bridgehead atoms. The van der Waals surface area contributed by atoms with Crippen LogP contribution in [0.1, 0.15) is 34.1 Å². The van der Waals surface area contributed by atoms with E-state index in [0.29, 0.717) is 12.0 Å². The number of hydrogen-bond acceptors (Lipinski definition) is 3. The second kappa shape index (κ2) is 5.56. The lowest BCUT2D eigenvalue weighted by Gasteiger charge is -2.50. The number of hydrogen-bond donors (Lipinski definition) is 0. The molecule has 1 aliphatic heterocycles. The van der Waals surface area contributed by atoms with Crippen LogP contribution in [-0.4, -0.2) is 35.1 Å². The largest absolute Gasteiger partial charge is 0.450 e. The zero-order chi connectivity index (χ0) is 11.8. The first-order valence-corrected chi connectivity index (χ1v) is 5.72. The summed E-state index contributed by atoms with van der Waals surface area (Å²) in [6.45, 7) is 8.57. The Balaban J connectivity index is 0.00000225. The average Bonchev–Trinajstić information content (AvgIpc) is 2.10. The minimum Gasteiger partial charge on any atom is -0.450 e. The standard InChI is InChI=1S/C11H20ClNO2.ClH/c1-7-8(2)13(5)11(3,4)6-9(7)15-10(12)14;/h7-9H,6H2,1-5H3;1H. The number of ether oxygens (including phenoxy) is 1. The van der Waals surface area contributed by atoms with E-state index in [0.717, 1.165) is 6.42 Å². The van der Waals surface area contributed by atoms with Gasteiger partial charge >= 0.3 is 5.43 Å². The van der Waals surface area contributed by atoms with Crippen LogP contribution >= 0.6 is 24.0 Å². The van der Waals surface area contributed by atoms with E-state index in [1.807, 2.05) is 0 Å². The summed E-state index contributed by atoms with van der Waals surface area (Å²) in [7, 11) is 2.11. The van der Waals surface area contributed by atoms with Gasteiger partial charge in [-0.2, -0.15) is 0 Å². The Kier molecular flexibility index (Phi) is 5.57. The zero-order valence-corrected chi connectivity index (χ0v) is 12.1. The molecule has 1 saturated heterocycles. The van der Waals surface area contributed by atoms with Crippen molar-refractivity contribution in [2.24, 2.45) is 5.92 Å². The monoisotopic (exact) mass is 269 g/mol. The van der Waals surface area contributed by atoms with Gasteiger partial charge in [-0.3, -0.25) is 4.90 Å². The van der Waals surface area contributed by atoms with Crippen LogP contribution in [0.4, 0.5) is 4.79 Å². The van der Waals surface area contributed by atoms with Crippen molar-refractivity contribution < 1.29 is 9.53 Å². The summed E-state index contributed by atoms with van der Waals surface area (Å²) >= 11 is 5.28. The van der Waals surface area contributed by atoms with E-state index in [-0.39, 0.29) is 24.0 Å². The van der Waals surface area contributed by atoms with Crippen molar-refractivity contribution in [3.05, 3.63) is 0 Å². The number of carbonyl (C=O) groups is 1. The molecule has 3 unspecified atom stereocenters. The first-order valence-electron chi connectivity index (χ1n) is 5.35. The van der Waals surface area contributed by atoms with Crippen LogP contribution in [0.25, 0.3) is 0 Å². The first kappa shape index (κ1) is 16.0. The van der Waals surface area contributed by atoms with E-state index in [1.54, 1.807) is 0 Å². The van der Waals surface area contributed by atoms with Crippen LogP contribution in [0, 0.1) is 5.92 Å². The molecule has 0 aromatic rings. The molecule has 16 heavy (non-hydrogen) atoms. The van der Waals surface area contributed by atoms with E-state index in [9.17, 15) is 4.79 Å². The Hall–Kier alpha value is 0.01000. The molecule has 1 heterocycles. The van der Waals surface area contributed by atoms with Crippen molar-refractivity contribution in [1.82, 2.24) is 4.90 Å². The number of carbonyl (C=O) groups excluding carboxylic acids is 1. The predicted molar refractivity (Wildman–Crippen MR) is 68.5 cm³/mol. The molecule has 1 rings (SSSR count). The maximum Gasteiger partial charge on any atom is 0.404 e. The molecule has 96 valence electrons. The number of nitrogens with zero attached hydrogens (tertiary/aromatic N) is 1. The molecule has 0 radical (unpaired) electrons. The average molecular weight is 270 g/mol. The number of likely N-dealkylation sites (tertiary alicyclic amines) is 1. The summed E-state index contributed by atoms with van der Waals surface area (Å²) in [6.07, 6.45) is 0.754. The van der Waals surface area contributed by atoms with Gasteiger partial charge in [-0.1, -0.05) is 6.92 Å². The predicted octanol–water partition coefficient (Wildman–Crippen LogP) is 3.29. The lowest BCUT2D eigenvalue weighted by Crippen LogP contribution is -2.58. The maximum absolute atomic E-state index is 10.8. The number of rotatable bonds is 1. The van der Waals surface area contributed by atoms with Gasteiger partial charge in [-0.05, 0) is 27.8 Å². The second-order valence-corrected chi connectivity index (χ2v) is 5.43. The summed E-state index contributed by atoms with van der Waals surface area (Å²) in [5.74, 6) is 0.311. The van der Waals surface area contributed by atoms with Crippen LogP contribution < -0.4 is 0 Å². The van der Waals surface area contributed by atoms with E-state index < -0.39 is 5.43 Å². The van der Waals surface area contributed by atoms with Crippen molar-refractivity contribution in [2.75, 3.05) is 7.05 Å². The topological polar surface area (TPSA) is 29.5 Å². The molecule has 0 aromatic carbocycles. The van der Waals surface area contributed by atoms with E-state index >= 15 is 0 Å². The van der Waals surface area contributed by atoms with Crippen LogP contribution in [0.2, 0.25) is 0 Å². The summed E-state index contributed by atoms with van der Waals surface area (Å²) in [5.41, 5.74) is -0.650. The third-order valence-electron chi connectivity index (χ3n) is 3.86. The second-order valence-electron chi connectivity index (χ2n) is 5.12. The molecule has 1 fully saturated rings. The van der Waals surface area contributed by atoms with E-state index in [4.69, 9.17) is 16.3 Å². The maximum atomic E-state index is 10.8. The van der Waals surface area contributed by atoms with Gasteiger partial charge in [0.15, 0.2) is 0 Å². The normalized spacial score (nSPS) is 34.0. The molecular weight excluding hydrogens is 249 g/mol. The van der Waals surface area contributed by atoms with Gasteiger partial charge < -0.3 is 4.74 Å². The van der Waals surface area contributed by atoms with Crippen molar-refractivity contribution in [3.8, 4) is 0 Å². The van der Waals surface area contributed by atoms with Gasteiger partial charge in [-0.25, -0.2) is 4.79 Å². The van der Waals surface area contributed by atoms with Crippen molar-refractivity contribution in [2.45, 2.75) is 51.8 Å². The highest BCUT2D eigenvalue weighted by Gasteiger charge is 2.42. The Labute approximate surface area is 109 Å². The minimum absolute atomic E-state index is 0. The molecule has 0 aliphatic carbocycles. The third-order valence-corrected chi connectivity index (χ3v) is 3.95. The molecule has 3 nitrogen and oxygen atoms in total. The van der Waals surface area contributed by atoms with Crippen molar-refractivity contribution in [3.63, 3.8) is 0 Å². The van der Waals surface area contributed by atoms with Crippen molar-refractivity contribution in [1.29, 1.82) is 0 Å². The molecule has 0 N–H and O–H groups in total. The highest BCUT2D eigenvalue weighted by atomic mass is 35.5. The molecule has 0 amide bonds. The van der Waals surface area contributed by atoms with Gasteiger partial charge in [0.05, 0.1) is 0 Å². The van der Waals surface area contributed by atoms with E-state index in [1.165, 1.54) is 0 Å². The highest BCUT2D eigenvalue weighted by Crippen LogP contribution is 2.35. The SMILES string of the molecule is CC1C(OC(=O)Cl)CC(C)(C)N(C)C1C.Cl. The minimum atomic E-state index is -0.695. The summed E-state index contributed by atoms with van der Waals surface area (Å²) in [5, 5.41) is 0. The summed E-state index contributed by atoms with van der Waals surface area (Å²) in [4.78, 5) is 13.1. The number of halogens is 2. The van der Waals surface area contributed by atoms with Gasteiger partial charge in [0.2, 0.25) is 0 Å². The van der Waals surface area contributed by atoms with E-state index in [2.05, 4.69) is 39.6 Å². The zero-order valence-electron chi connectivity index (χ0n) is 10.5. The molecular formula is C11H21Cl2NO2. The lowest BCUT2D eigenvalue weighted by atomic mass is 9.79. The van der Waals surface area contributed by atoms with Crippen LogP contribution in [0.15, 0.2) is 0 Å². The van der Waals surface area contributed by atoms with Gasteiger partial charge in [0.25, 0.3) is 0 Å². The fourth-order valence-corrected chi connectivity index (χ4v) is 2.42. The molecule has 0 spiro atoms. The smallest absolute Gasteiger partial charge is 0.404 e. The Morgan fingerprint density at radius 2 is 1.94 bits per heavy atom. The molecule has 5 heteroatoms. The highest BCUT2D eigenvalue weighted by molar-refractivity contribution is 6.61. The molecule has 3 atom stereocenters. The third kappa shape index (κ3) is 3.25. The van der Waals surface area contributed by atoms with Gasteiger partial charge in [0.1, 0.15) is 6.10 Å². The van der Waals surface area contributed by atoms with Gasteiger partial charge in [0, 0.05) is 35.5 Å². The quantitative estimate of drug-likeness (QED) is 0.685.